The fourth-order valence-corrected chi connectivity index (χ4v) is 11.6. The van der Waals surface area contributed by atoms with Gasteiger partial charge in [0.05, 0.1) is 22.7 Å². The van der Waals surface area contributed by atoms with Gasteiger partial charge in [0.1, 0.15) is 17.3 Å². The molecule has 0 radical (unpaired) electrons. The number of fused-ring (bicyclic) bond motifs is 1. The maximum atomic E-state index is 15.0. The molecular formula is C35H41NO7S3. The number of benzene rings is 3. The lowest BCUT2D eigenvalue weighted by atomic mass is 9.80. The Labute approximate surface area is 280 Å². The molecule has 3 aromatic carbocycles. The van der Waals surface area contributed by atoms with E-state index in [0.717, 1.165) is 40.4 Å². The van der Waals surface area contributed by atoms with Gasteiger partial charge in [0.15, 0.2) is 21.3 Å². The molecule has 1 N–H and O–H groups in total. The molecule has 1 saturated heterocycles. The van der Waals surface area contributed by atoms with Crippen LogP contribution in [0.25, 0.3) is 0 Å². The third-order valence-corrected chi connectivity index (χ3v) is 14.3. The predicted molar refractivity (Wildman–Crippen MR) is 184 cm³/mol. The zero-order valence-electron chi connectivity index (χ0n) is 26.2. The van der Waals surface area contributed by atoms with Gasteiger partial charge in [-0.1, -0.05) is 42.5 Å². The molecule has 0 amide bonds. The molecule has 0 unspecified atom stereocenters. The molecule has 0 bridgehead atoms. The summed E-state index contributed by atoms with van der Waals surface area (Å²) in [5.41, 5.74) is 3.13. The van der Waals surface area contributed by atoms with Crippen LogP contribution in [0.3, 0.4) is 0 Å². The van der Waals surface area contributed by atoms with E-state index < -0.39 is 26.6 Å². The third kappa shape index (κ3) is 6.95. The fourth-order valence-electron chi connectivity index (χ4n) is 6.57. The minimum atomic E-state index is -3.89. The smallest absolute Gasteiger partial charge is 0.231 e. The Kier molecular flexibility index (Phi) is 10.9. The van der Waals surface area contributed by atoms with Crippen molar-refractivity contribution >= 4 is 33.4 Å². The van der Waals surface area contributed by atoms with Crippen LogP contribution in [-0.2, 0) is 32.3 Å². The third-order valence-electron chi connectivity index (χ3n) is 8.81. The maximum Gasteiger partial charge on any atom is 0.231 e. The normalized spacial score (nSPS) is 22.5. The van der Waals surface area contributed by atoms with Gasteiger partial charge in [-0.3, -0.25) is 0 Å². The van der Waals surface area contributed by atoms with Crippen molar-refractivity contribution < 1.29 is 32.1 Å². The Balaban J connectivity index is 1.37. The molecule has 6 rings (SSSR count). The van der Waals surface area contributed by atoms with E-state index in [1.807, 2.05) is 72.1 Å². The second-order valence-corrected chi connectivity index (χ2v) is 16.7. The molecule has 2 aliphatic heterocycles. The summed E-state index contributed by atoms with van der Waals surface area (Å²) < 4.78 is 57.6. The van der Waals surface area contributed by atoms with E-state index in [0.29, 0.717) is 46.9 Å². The van der Waals surface area contributed by atoms with Crippen molar-refractivity contribution in [3.8, 4) is 17.2 Å². The quantitative estimate of drug-likeness (QED) is 0.114. The summed E-state index contributed by atoms with van der Waals surface area (Å²) in [6, 6.07) is 20.8. The molecule has 0 aromatic heterocycles. The lowest BCUT2D eigenvalue weighted by Crippen LogP contribution is -2.45. The summed E-state index contributed by atoms with van der Waals surface area (Å²) >= 11 is 3.90. The van der Waals surface area contributed by atoms with Crippen LogP contribution in [0.1, 0.15) is 35.4 Å². The molecule has 46 heavy (non-hydrogen) atoms. The Morgan fingerprint density at radius 1 is 0.978 bits per heavy atom. The van der Waals surface area contributed by atoms with Crippen molar-refractivity contribution in [1.82, 2.24) is 5.32 Å². The molecule has 11 heteroatoms. The molecule has 2 heterocycles. The SMILES string of the molecule is COCO[C@@H]1C=C[C@](CCCNCc2ccc(OC)cc2)(S(=O)(=O)c2ccccc2)[C@@H]1c1cc2c(cc1CC1SCCS1)OCO2. The van der Waals surface area contributed by atoms with Gasteiger partial charge in [-0.25, -0.2) is 8.42 Å². The largest absolute Gasteiger partial charge is 0.497 e. The Morgan fingerprint density at radius 2 is 1.72 bits per heavy atom. The Morgan fingerprint density at radius 3 is 2.43 bits per heavy atom. The van der Waals surface area contributed by atoms with Crippen molar-refractivity contribution in [2.24, 2.45) is 0 Å². The lowest BCUT2D eigenvalue weighted by Gasteiger charge is -2.38. The van der Waals surface area contributed by atoms with Gasteiger partial charge >= 0.3 is 0 Å². The van der Waals surface area contributed by atoms with Gasteiger partial charge in [-0.2, -0.15) is 0 Å². The lowest BCUT2D eigenvalue weighted by molar-refractivity contribution is -0.0627. The molecule has 0 saturated carbocycles. The molecule has 3 aliphatic rings. The summed E-state index contributed by atoms with van der Waals surface area (Å²) in [4.78, 5) is 0.299. The zero-order valence-corrected chi connectivity index (χ0v) is 28.6. The summed E-state index contributed by atoms with van der Waals surface area (Å²) in [6.45, 7) is 1.51. The number of rotatable bonds is 15. The minimum Gasteiger partial charge on any atom is -0.497 e. The average molecular weight is 684 g/mol. The number of methoxy groups -OCH3 is 2. The summed E-state index contributed by atoms with van der Waals surface area (Å²) in [7, 11) is -0.658. The number of hydrogen-bond acceptors (Lipinski definition) is 10. The maximum absolute atomic E-state index is 15.0. The Bertz CT molecular complexity index is 1590. The second kappa shape index (κ2) is 15.0. The monoisotopic (exact) mass is 683 g/mol. The number of sulfone groups is 1. The van der Waals surface area contributed by atoms with E-state index in [4.69, 9.17) is 23.7 Å². The van der Waals surface area contributed by atoms with Gasteiger partial charge < -0.3 is 29.0 Å². The van der Waals surface area contributed by atoms with Gasteiger partial charge in [-0.15, -0.1) is 23.5 Å². The predicted octanol–water partition coefficient (Wildman–Crippen LogP) is 6.20. The summed E-state index contributed by atoms with van der Waals surface area (Å²) in [6.07, 6.45) is 5.11. The molecule has 1 fully saturated rings. The van der Waals surface area contributed by atoms with Gasteiger partial charge in [-0.05, 0) is 78.9 Å². The van der Waals surface area contributed by atoms with Crippen LogP contribution in [0, 0.1) is 0 Å². The molecule has 0 spiro atoms. The zero-order chi connectivity index (χ0) is 32.0. The first-order valence-corrected chi connectivity index (χ1v) is 19.1. The molecule has 3 atom stereocenters. The van der Waals surface area contributed by atoms with Gasteiger partial charge in [0, 0.05) is 31.1 Å². The van der Waals surface area contributed by atoms with E-state index in [2.05, 4.69) is 11.4 Å². The van der Waals surface area contributed by atoms with Crippen LogP contribution in [0.5, 0.6) is 17.2 Å². The highest BCUT2D eigenvalue weighted by atomic mass is 32.2. The topological polar surface area (TPSA) is 92.3 Å². The van der Waals surface area contributed by atoms with E-state index >= 15 is 0 Å². The number of hydrogen-bond donors (Lipinski definition) is 1. The van der Waals surface area contributed by atoms with E-state index in [1.54, 1.807) is 38.5 Å². The highest BCUT2D eigenvalue weighted by Gasteiger charge is 2.55. The van der Waals surface area contributed by atoms with E-state index in [9.17, 15) is 8.42 Å². The average Bonchev–Trinajstić information content (AvgIpc) is 3.85. The molecular weight excluding hydrogens is 643 g/mol. The van der Waals surface area contributed by atoms with Crippen molar-refractivity contribution in [2.45, 2.75) is 52.1 Å². The van der Waals surface area contributed by atoms with Crippen molar-refractivity contribution in [2.75, 3.05) is 45.9 Å². The van der Waals surface area contributed by atoms with Crippen LogP contribution in [0.2, 0.25) is 0 Å². The first-order chi connectivity index (χ1) is 22.4. The molecule has 3 aromatic rings. The second-order valence-electron chi connectivity index (χ2n) is 11.6. The highest BCUT2D eigenvalue weighted by Crippen LogP contribution is 2.53. The van der Waals surface area contributed by atoms with Crippen molar-refractivity contribution in [3.05, 3.63) is 95.6 Å². The minimum absolute atomic E-state index is 0.0462. The molecule has 246 valence electrons. The number of thioether (sulfide) groups is 2. The van der Waals surface area contributed by atoms with Crippen LogP contribution in [0.15, 0.2) is 83.8 Å². The van der Waals surface area contributed by atoms with Crippen LogP contribution in [-0.4, -0.2) is 69.7 Å². The van der Waals surface area contributed by atoms with Crippen molar-refractivity contribution in [3.63, 3.8) is 0 Å². The van der Waals surface area contributed by atoms with Crippen LogP contribution in [0.4, 0.5) is 0 Å². The first-order valence-electron chi connectivity index (χ1n) is 15.5. The number of nitrogens with one attached hydrogen (secondary N) is 1. The van der Waals surface area contributed by atoms with Gasteiger partial charge in [0.25, 0.3) is 0 Å². The Hall–Kier alpha value is -2.67. The summed E-state index contributed by atoms with van der Waals surface area (Å²) in [5.74, 6) is 3.83. The van der Waals surface area contributed by atoms with Gasteiger partial charge in [0.2, 0.25) is 6.79 Å². The van der Waals surface area contributed by atoms with Crippen LogP contribution >= 0.6 is 23.5 Å². The van der Waals surface area contributed by atoms with E-state index in [-0.39, 0.29) is 13.6 Å². The molecule has 1 aliphatic carbocycles. The van der Waals surface area contributed by atoms with E-state index in [1.165, 1.54) is 0 Å². The standard InChI is InChI=1S/C35H41NO7S3/c1-39-23-41-30-13-15-35(46(37,38)28-7-4-3-5-8-28,14-6-16-36-22-25-9-11-27(40-2)12-10-25)34(30)29-21-32-31(42-24-43-32)19-26(29)20-33-44-17-18-45-33/h3-5,7-13,15,19,21,30,33-34,36H,6,14,16-18,20,22-24H2,1-2H3/t30-,34-,35+/m1/s1. The van der Waals surface area contributed by atoms with Crippen molar-refractivity contribution in [1.29, 1.82) is 0 Å². The summed E-state index contributed by atoms with van der Waals surface area (Å²) in [5, 5.41) is 3.51. The first kappa shape index (κ1) is 33.2. The molecule has 8 nitrogen and oxygen atoms in total. The highest BCUT2D eigenvalue weighted by molar-refractivity contribution is 8.20. The van der Waals surface area contributed by atoms with Crippen LogP contribution < -0.4 is 19.5 Å². The number of ether oxygens (including phenoxy) is 5. The fraction of sp³-hybridized carbons (Fsp3) is 0.429.